The Morgan fingerprint density at radius 2 is 2.17 bits per heavy atom. The fraction of sp³-hybridized carbons (Fsp3) is 0.300. The van der Waals surface area contributed by atoms with Crippen molar-refractivity contribution in [2.24, 2.45) is 4.99 Å². The van der Waals surface area contributed by atoms with Gasteiger partial charge < -0.3 is 10.1 Å². The number of benzene rings is 1. The predicted octanol–water partition coefficient (Wildman–Crippen LogP) is 2.93. The van der Waals surface area contributed by atoms with Crippen LogP contribution in [0.15, 0.2) is 53.1 Å². The molecule has 1 aliphatic carbocycles. The zero-order valence-corrected chi connectivity index (χ0v) is 15.4. The molecule has 3 aliphatic rings. The van der Waals surface area contributed by atoms with Crippen LogP contribution in [0.4, 0.5) is 13.6 Å². The fourth-order valence-corrected chi connectivity index (χ4v) is 3.67. The molecule has 2 heterocycles. The number of rotatable bonds is 2. The Hall–Kier alpha value is -3.54. The van der Waals surface area contributed by atoms with E-state index in [9.17, 15) is 18.4 Å². The minimum absolute atomic E-state index is 0.0443. The molecule has 148 valence electrons. The first-order valence-corrected chi connectivity index (χ1v) is 8.89. The lowest BCUT2D eigenvalue weighted by Crippen LogP contribution is -2.44. The predicted molar refractivity (Wildman–Crippen MR) is 97.7 cm³/mol. The van der Waals surface area contributed by atoms with Crippen LogP contribution in [0.1, 0.15) is 30.4 Å². The molecule has 0 saturated carbocycles. The number of aliphatic imine (C=N–C) groups is 1. The van der Waals surface area contributed by atoms with Crippen molar-refractivity contribution < 1.29 is 23.1 Å². The van der Waals surface area contributed by atoms with Gasteiger partial charge in [-0.2, -0.15) is 14.0 Å². The summed E-state index contributed by atoms with van der Waals surface area (Å²) < 4.78 is 31.5. The first-order chi connectivity index (χ1) is 13.7. The first-order valence-electron chi connectivity index (χ1n) is 8.89. The summed E-state index contributed by atoms with van der Waals surface area (Å²) in [5.41, 5.74) is 0.681. The van der Waals surface area contributed by atoms with E-state index < -0.39 is 30.2 Å². The van der Waals surface area contributed by atoms with E-state index in [1.54, 1.807) is 31.2 Å². The Labute approximate surface area is 165 Å². The van der Waals surface area contributed by atoms with E-state index in [0.717, 1.165) is 10.5 Å². The van der Waals surface area contributed by atoms with Crippen LogP contribution in [0.2, 0.25) is 0 Å². The van der Waals surface area contributed by atoms with Gasteiger partial charge in [-0.25, -0.2) is 4.79 Å². The summed E-state index contributed by atoms with van der Waals surface area (Å²) >= 11 is 0. The Bertz CT molecular complexity index is 1040. The van der Waals surface area contributed by atoms with Crippen molar-refractivity contribution in [3.63, 3.8) is 0 Å². The van der Waals surface area contributed by atoms with E-state index in [1.165, 1.54) is 0 Å². The number of guanidine groups is 1. The number of ether oxygens (including phenoxy) is 1. The lowest BCUT2D eigenvalue weighted by atomic mass is 9.84. The molecule has 2 aliphatic heterocycles. The smallest absolute Gasteiger partial charge is 0.381 e. The second-order valence-corrected chi connectivity index (χ2v) is 7.21. The van der Waals surface area contributed by atoms with E-state index in [2.05, 4.69) is 21.1 Å². The normalized spacial score (nSPS) is 27.8. The van der Waals surface area contributed by atoms with Gasteiger partial charge in [-0.15, -0.1) is 4.99 Å². The van der Waals surface area contributed by atoms with Gasteiger partial charge in [0.15, 0.2) is 0 Å². The van der Waals surface area contributed by atoms with Gasteiger partial charge in [-0.05, 0) is 30.5 Å². The molecule has 1 fully saturated rings. The van der Waals surface area contributed by atoms with Crippen LogP contribution in [0.5, 0.6) is 0 Å². The SMILES string of the molecule is CC1(c2cccc(C3C=CC=C(C#N)C3)c2)NC2=NC(=O)OC(F)(F)CN2C1=O. The molecule has 29 heavy (non-hydrogen) atoms. The number of halogens is 2. The number of nitrogens with zero attached hydrogens (tertiary/aromatic N) is 3. The highest BCUT2D eigenvalue weighted by Gasteiger charge is 2.53. The highest BCUT2D eigenvalue weighted by molar-refractivity contribution is 6.11. The third-order valence-electron chi connectivity index (χ3n) is 5.18. The van der Waals surface area contributed by atoms with E-state index in [4.69, 9.17) is 5.26 Å². The number of carbonyl (C=O) groups excluding carboxylic acids is 2. The average molecular weight is 398 g/mol. The number of nitrogens with one attached hydrogen (secondary N) is 1. The van der Waals surface area contributed by atoms with Gasteiger partial charge in [-0.1, -0.05) is 36.4 Å². The number of carbonyl (C=O) groups is 2. The maximum atomic E-state index is 13.8. The van der Waals surface area contributed by atoms with Crippen LogP contribution in [-0.4, -0.2) is 35.5 Å². The van der Waals surface area contributed by atoms with Gasteiger partial charge in [0.2, 0.25) is 5.96 Å². The molecule has 1 saturated heterocycles. The van der Waals surface area contributed by atoms with Crippen molar-refractivity contribution in [2.45, 2.75) is 30.9 Å². The maximum Gasteiger partial charge on any atom is 0.441 e. The van der Waals surface area contributed by atoms with Crippen LogP contribution in [0.3, 0.4) is 0 Å². The largest absolute Gasteiger partial charge is 0.441 e. The van der Waals surface area contributed by atoms with Gasteiger partial charge in [0.1, 0.15) is 12.1 Å². The lowest BCUT2D eigenvalue weighted by Gasteiger charge is -2.25. The molecule has 9 heteroatoms. The molecular formula is C20H16F2N4O3. The van der Waals surface area contributed by atoms with Crippen LogP contribution in [0, 0.1) is 11.3 Å². The summed E-state index contributed by atoms with van der Waals surface area (Å²) in [6, 6.07) is 9.28. The molecule has 0 spiro atoms. The van der Waals surface area contributed by atoms with Gasteiger partial charge in [0.05, 0.1) is 6.07 Å². The van der Waals surface area contributed by atoms with E-state index >= 15 is 0 Å². The average Bonchev–Trinajstić information content (AvgIpc) is 2.85. The quantitative estimate of drug-likeness (QED) is 0.827. The van der Waals surface area contributed by atoms with Crippen LogP contribution >= 0.6 is 0 Å². The van der Waals surface area contributed by atoms with Crippen molar-refractivity contribution in [2.75, 3.05) is 6.54 Å². The standard InChI is InChI=1S/C20H16F2N4O3/c1-19(16(27)26-11-20(21,22)29-18(28)24-17(26)25-19)15-7-3-6-14(9-15)13-5-2-4-12(8-13)10-23/h2-7,9,13H,8,11H2,1H3,(H,24,25,28). The minimum atomic E-state index is -3.83. The summed E-state index contributed by atoms with van der Waals surface area (Å²) in [7, 11) is 0. The van der Waals surface area contributed by atoms with Crippen molar-refractivity contribution >= 4 is 18.0 Å². The highest BCUT2D eigenvalue weighted by Crippen LogP contribution is 2.35. The third kappa shape index (κ3) is 3.27. The van der Waals surface area contributed by atoms with Crippen molar-refractivity contribution in [3.05, 3.63) is 59.2 Å². The van der Waals surface area contributed by atoms with Crippen LogP contribution in [-0.2, 0) is 15.1 Å². The number of cyclic esters (lactones) is 1. The molecule has 1 N–H and O–H groups in total. The second kappa shape index (κ2) is 6.51. The number of alkyl halides is 2. The van der Waals surface area contributed by atoms with Crippen LogP contribution < -0.4 is 5.32 Å². The Morgan fingerprint density at radius 3 is 2.93 bits per heavy atom. The molecule has 7 nitrogen and oxygen atoms in total. The van der Waals surface area contributed by atoms with Gasteiger partial charge in [0.25, 0.3) is 5.91 Å². The minimum Gasteiger partial charge on any atom is -0.381 e. The molecule has 2 unspecified atom stereocenters. The van der Waals surface area contributed by atoms with Crippen molar-refractivity contribution in [3.8, 4) is 6.07 Å². The fourth-order valence-electron chi connectivity index (χ4n) is 3.67. The highest BCUT2D eigenvalue weighted by atomic mass is 19.3. The van der Waals surface area contributed by atoms with Gasteiger partial charge >= 0.3 is 12.2 Å². The number of hydrogen-bond donors (Lipinski definition) is 1. The Balaban J connectivity index is 1.68. The van der Waals surface area contributed by atoms with E-state index in [0.29, 0.717) is 17.6 Å². The summed E-state index contributed by atoms with van der Waals surface area (Å²) in [6.07, 6.45) is 0.758. The molecule has 1 aromatic rings. The molecule has 0 aromatic heterocycles. The van der Waals surface area contributed by atoms with Crippen molar-refractivity contribution in [1.29, 1.82) is 5.26 Å². The molecule has 0 radical (unpaired) electrons. The number of amides is 2. The maximum absolute atomic E-state index is 13.8. The number of allylic oxidation sites excluding steroid dienone is 4. The monoisotopic (exact) mass is 398 g/mol. The molecule has 4 rings (SSSR count). The number of nitriles is 1. The molecular weight excluding hydrogens is 382 g/mol. The molecule has 0 bridgehead atoms. The van der Waals surface area contributed by atoms with Gasteiger partial charge in [-0.3, -0.25) is 9.69 Å². The summed E-state index contributed by atoms with van der Waals surface area (Å²) in [5, 5.41) is 11.9. The third-order valence-corrected chi connectivity index (χ3v) is 5.18. The number of hydrogen-bond acceptors (Lipinski definition) is 5. The second-order valence-electron chi connectivity index (χ2n) is 7.21. The van der Waals surface area contributed by atoms with Gasteiger partial charge in [0, 0.05) is 11.5 Å². The molecule has 1 aromatic carbocycles. The summed E-state index contributed by atoms with van der Waals surface area (Å²) in [5.74, 6) is -0.974. The zero-order valence-electron chi connectivity index (χ0n) is 15.4. The topological polar surface area (TPSA) is 94.8 Å². The summed E-state index contributed by atoms with van der Waals surface area (Å²) in [6.45, 7) is 0.437. The Kier molecular flexibility index (Phi) is 4.22. The number of fused-ring (bicyclic) bond motifs is 1. The summed E-state index contributed by atoms with van der Waals surface area (Å²) in [4.78, 5) is 28.7. The lowest BCUT2D eigenvalue weighted by molar-refractivity contribution is -0.200. The molecule has 2 atom stereocenters. The Morgan fingerprint density at radius 1 is 1.38 bits per heavy atom. The van der Waals surface area contributed by atoms with E-state index in [-0.39, 0.29) is 11.9 Å². The van der Waals surface area contributed by atoms with Crippen LogP contribution in [0.25, 0.3) is 0 Å². The first kappa shape index (κ1) is 18.8. The zero-order chi connectivity index (χ0) is 20.8. The van der Waals surface area contributed by atoms with E-state index in [1.807, 2.05) is 18.2 Å². The van der Waals surface area contributed by atoms with Crippen molar-refractivity contribution in [1.82, 2.24) is 10.2 Å². The molecule has 2 amide bonds.